The highest BCUT2D eigenvalue weighted by Gasteiger charge is 2.45. The molecule has 4 heterocycles. The largest absolute Gasteiger partial charge is 0.372 e. The van der Waals surface area contributed by atoms with Crippen molar-refractivity contribution in [1.29, 1.82) is 0 Å². The highest BCUT2D eigenvalue weighted by atomic mass is 16.5. The molecule has 4 aliphatic rings. The van der Waals surface area contributed by atoms with Crippen molar-refractivity contribution in [3.05, 3.63) is 34.9 Å². The molecule has 0 bridgehead atoms. The number of fused-ring (bicyclic) bond motifs is 1. The number of imide groups is 2. The predicted molar refractivity (Wildman–Crippen MR) is 109 cm³/mol. The Labute approximate surface area is 180 Å². The van der Waals surface area contributed by atoms with E-state index >= 15 is 0 Å². The van der Waals surface area contributed by atoms with Crippen molar-refractivity contribution in [3.8, 4) is 0 Å². The van der Waals surface area contributed by atoms with E-state index in [-0.39, 0.29) is 24.3 Å². The Kier molecular flexibility index (Phi) is 5.11. The summed E-state index contributed by atoms with van der Waals surface area (Å²) in [5.74, 6) is -1.90. The fourth-order valence-electron chi connectivity index (χ4n) is 5.12. The molecule has 0 aliphatic carbocycles. The molecule has 9 heteroatoms. The number of nitrogens with zero attached hydrogens (tertiary/aromatic N) is 2. The average Bonchev–Trinajstić information content (AvgIpc) is 2.99. The Balaban J connectivity index is 1.32. The molecule has 2 N–H and O–H groups in total. The standard InChI is InChI=1S/C22H26N4O5/c27-18-4-3-17(19(28)24-18)26-20(29)15-2-1-14(11-16(15)21(26)30)12-25-9-10-31-22(13-25)5-7-23-8-6-22/h1-2,11,17,23H,3-10,12-13H2,(H,24,27,28). The third-order valence-corrected chi connectivity index (χ3v) is 6.75. The third-order valence-electron chi connectivity index (χ3n) is 6.75. The van der Waals surface area contributed by atoms with E-state index in [0.29, 0.717) is 24.3 Å². The second-order valence-electron chi connectivity index (χ2n) is 8.82. The van der Waals surface area contributed by atoms with Crippen molar-refractivity contribution in [1.82, 2.24) is 20.4 Å². The van der Waals surface area contributed by atoms with Crippen LogP contribution in [0.2, 0.25) is 0 Å². The van der Waals surface area contributed by atoms with Gasteiger partial charge in [-0.2, -0.15) is 0 Å². The highest BCUT2D eigenvalue weighted by molar-refractivity contribution is 6.23. The van der Waals surface area contributed by atoms with Crippen molar-refractivity contribution in [2.45, 2.75) is 43.9 Å². The summed E-state index contributed by atoms with van der Waals surface area (Å²) in [6.45, 7) is 4.94. The molecule has 1 aromatic carbocycles. The molecule has 0 aromatic heterocycles. The summed E-state index contributed by atoms with van der Waals surface area (Å²) >= 11 is 0. The van der Waals surface area contributed by atoms with E-state index < -0.39 is 23.8 Å². The van der Waals surface area contributed by atoms with Crippen LogP contribution < -0.4 is 10.6 Å². The number of morpholine rings is 1. The maximum Gasteiger partial charge on any atom is 0.262 e. The fourth-order valence-corrected chi connectivity index (χ4v) is 5.12. The van der Waals surface area contributed by atoms with Gasteiger partial charge in [0.15, 0.2) is 0 Å². The van der Waals surface area contributed by atoms with Gasteiger partial charge in [0.2, 0.25) is 11.8 Å². The van der Waals surface area contributed by atoms with Gasteiger partial charge in [0.1, 0.15) is 6.04 Å². The van der Waals surface area contributed by atoms with Crippen molar-refractivity contribution in [3.63, 3.8) is 0 Å². The first-order valence-corrected chi connectivity index (χ1v) is 10.9. The van der Waals surface area contributed by atoms with Crippen LogP contribution in [0.1, 0.15) is 52.0 Å². The number of nitrogens with one attached hydrogen (secondary N) is 2. The Morgan fingerprint density at radius 3 is 2.61 bits per heavy atom. The zero-order chi connectivity index (χ0) is 21.6. The Morgan fingerprint density at radius 1 is 1.06 bits per heavy atom. The predicted octanol–water partition coefficient (Wildman–Crippen LogP) is 0.0422. The second kappa shape index (κ2) is 7.81. The summed E-state index contributed by atoms with van der Waals surface area (Å²) in [5.41, 5.74) is 1.50. The van der Waals surface area contributed by atoms with Crippen LogP contribution in [-0.2, 0) is 20.9 Å². The average molecular weight is 426 g/mol. The lowest BCUT2D eigenvalue weighted by molar-refractivity contribution is -0.136. The first-order chi connectivity index (χ1) is 15.0. The number of benzene rings is 1. The molecule has 164 valence electrons. The minimum Gasteiger partial charge on any atom is -0.372 e. The van der Waals surface area contributed by atoms with Gasteiger partial charge < -0.3 is 10.1 Å². The lowest BCUT2D eigenvalue weighted by Gasteiger charge is -2.45. The van der Waals surface area contributed by atoms with Crippen LogP contribution in [0.4, 0.5) is 0 Å². The van der Waals surface area contributed by atoms with Crippen LogP contribution in [0.25, 0.3) is 0 Å². The maximum atomic E-state index is 13.0. The molecule has 4 amide bonds. The van der Waals surface area contributed by atoms with Gasteiger partial charge in [0.05, 0.1) is 23.3 Å². The lowest BCUT2D eigenvalue weighted by Crippen LogP contribution is -2.55. The molecule has 0 radical (unpaired) electrons. The van der Waals surface area contributed by atoms with E-state index in [1.807, 2.05) is 6.07 Å². The van der Waals surface area contributed by atoms with E-state index in [1.54, 1.807) is 12.1 Å². The quantitative estimate of drug-likeness (QED) is 0.657. The Morgan fingerprint density at radius 2 is 1.84 bits per heavy atom. The molecule has 1 spiro atoms. The van der Waals surface area contributed by atoms with Crippen molar-refractivity contribution >= 4 is 23.6 Å². The molecule has 1 unspecified atom stereocenters. The van der Waals surface area contributed by atoms with Crippen molar-refractivity contribution < 1.29 is 23.9 Å². The number of ether oxygens (including phenoxy) is 1. The number of piperidine rings is 2. The summed E-state index contributed by atoms with van der Waals surface area (Å²) in [6.07, 6.45) is 2.25. The monoisotopic (exact) mass is 426 g/mol. The van der Waals surface area contributed by atoms with Gasteiger partial charge in [-0.3, -0.25) is 34.3 Å². The maximum absolute atomic E-state index is 13.0. The number of rotatable bonds is 3. The summed E-state index contributed by atoms with van der Waals surface area (Å²) in [4.78, 5) is 52.8. The zero-order valence-corrected chi connectivity index (χ0v) is 17.3. The van der Waals surface area contributed by atoms with Crippen LogP contribution in [0, 0.1) is 0 Å². The molecule has 9 nitrogen and oxygen atoms in total. The molecular formula is C22H26N4O5. The van der Waals surface area contributed by atoms with E-state index in [9.17, 15) is 19.2 Å². The molecule has 5 rings (SSSR count). The Bertz CT molecular complexity index is 950. The molecule has 3 fully saturated rings. The minimum atomic E-state index is -0.937. The smallest absolute Gasteiger partial charge is 0.262 e. The lowest BCUT2D eigenvalue weighted by atomic mass is 9.90. The van der Waals surface area contributed by atoms with Gasteiger partial charge in [-0.05, 0) is 50.0 Å². The molecule has 1 aromatic rings. The number of carbonyl (C=O) groups excluding carboxylic acids is 4. The Hall–Kier alpha value is -2.62. The van der Waals surface area contributed by atoms with Crippen LogP contribution in [0.5, 0.6) is 0 Å². The van der Waals surface area contributed by atoms with E-state index in [4.69, 9.17) is 4.74 Å². The fraction of sp³-hybridized carbons (Fsp3) is 0.545. The van der Waals surface area contributed by atoms with Gasteiger partial charge in [-0.25, -0.2) is 0 Å². The molecule has 4 aliphatic heterocycles. The third kappa shape index (κ3) is 3.66. The number of carbonyl (C=O) groups is 4. The first-order valence-electron chi connectivity index (χ1n) is 10.9. The van der Waals surface area contributed by atoms with Crippen molar-refractivity contribution in [2.24, 2.45) is 0 Å². The molecule has 0 saturated carbocycles. The second-order valence-corrected chi connectivity index (χ2v) is 8.82. The van der Waals surface area contributed by atoms with E-state index in [0.717, 1.165) is 49.5 Å². The van der Waals surface area contributed by atoms with E-state index in [2.05, 4.69) is 15.5 Å². The van der Waals surface area contributed by atoms with Crippen LogP contribution >= 0.6 is 0 Å². The minimum absolute atomic E-state index is 0.103. The number of hydrogen-bond donors (Lipinski definition) is 2. The zero-order valence-electron chi connectivity index (χ0n) is 17.3. The number of amides is 4. The summed E-state index contributed by atoms with van der Waals surface area (Å²) in [5, 5.41) is 5.60. The van der Waals surface area contributed by atoms with Gasteiger partial charge in [-0.15, -0.1) is 0 Å². The van der Waals surface area contributed by atoms with Gasteiger partial charge in [0.25, 0.3) is 11.8 Å². The van der Waals surface area contributed by atoms with Crippen LogP contribution in [0.15, 0.2) is 18.2 Å². The van der Waals surface area contributed by atoms with Crippen LogP contribution in [0.3, 0.4) is 0 Å². The molecule has 31 heavy (non-hydrogen) atoms. The molecular weight excluding hydrogens is 400 g/mol. The molecule has 1 atom stereocenters. The first kappa shape index (κ1) is 20.3. The molecule has 3 saturated heterocycles. The topological polar surface area (TPSA) is 108 Å². The van der Waals surface area contributed by atoms with Gasteiger partial charge in [0, 0.05) is 26.1 Å². The summed E-state index contributed by atoms with van der Waals surface area (Å²) < 4.78 is 6.13. The summed E-state index contributed by atoms with van der Waals surface area (Å²) in [6, 6.07) is 4.39. The highest BCUT2D eigenvalue weighted by Crippen LogP contribution is 2.31. The van der Waals surface area contributed by atoms with E-state index in [1.165, 1.54) is 0 Å². The van der Waals surface area contributed by atoms with Gasteiger partial charge in [-0.1, -0.05) is 6.07 Å². The number of hydrogen-bond acceptors (Lipinski definition) is 7. The summed E-state index contributed by atoms with van der Waals surface area (Å²) in [7, 11) is 0. The van der Waals surface area contributed by atoms with Gasteiger partial charge >= 0.3 is 0 Å². The van der Waals surface area contributed by atoms with Crippen LogP contribution in [-0.4, -0.2) is 77.9 Å². The normalized spacial score (nSPS) is 26.3. The van der Waals surface area contributed by atoms with Crippen molar-refractivity contribution in [2.75, 3.05) is 32.8 Å². The SMILES string of the molecule is O=C1CCC(N2C(=O)c3ccc(CN4CCOC5(CCNCC5)C4)cc3C2=O)C(=O)N1.